The van der Waals surface area contributed by atoms with Crippen molar-refractivity contribution in [2.75, 3.05) is 13.7 Å². The minimum Gasteiger partial charge on any atom is -0.496 e. The number of carbonyl (C=O) groups is 1. The lowest BCUT2D eigenvalue weighted by molar-refractivity contribution is 0.0926. The molecule has 1 aromatic carbocycles. The minimum atomic E-state index is -0.219. The number of ether oxygens (including phenoxy) is 1. The van der Waals surface area contributed by atoms with Gasteiger partial charge in [0, 0.05) is 17.7 Å². The number of methoxy groups -OCH3 is 1. The third kappa shape index (κ3) is 3.89. The summed E-state index contributed by atoms with van der Waals surface area (Å²) in [5.74, 6) is 0.225. The summed E-state index contributed by atoms with van der Waals surface area (Å²) in [5, 5.41) is 12.3. The summed E-state index contributed by atoms with van der Waals surface area (Å²) < 4.78 is 5.13. The van der Waals surface area contributed by atoms with Gasteiger partial charge in [-0.25, -0.2) is 0 Å². The Balaban J connectivity index is 2.83. The number of halogens is 1. The Kier molecular flexibility index (Phi) is 5.95. The first kappa shape index (κ1) is 14.8. The van der Waals surface area contributed by atoms with Crippen LogP contribution in [0, 0.1) is 0 Å². The van der Waals surface area contributed by atoms with Gasteiger partial charge in [0.1, 0.15) is 5.75 Å². The van der Waals surface area contributed by atoms with Crippen LogP contribution in [0.5, 0.6) is 5.75 Å². The van der Waals surface area contributed by atoms with Crippen molar-refractivity contribution in [2.45, 2.75) is 25.8 Å². The van der Waals surface area contributed by atoms with E-state index in [1.54, 1.807) is 18.2 Å². The fraction of sp³-hybridized carbons (Fsp3) is 0.462. The van der Waals surface area contributed by atoms with Crippen molar-refractivity contribution < 1.29 is 14.6 Å². The molecule has 100 valence electrons. The van der Waals surface area contributed by atoms with Gasteiger partial charge in [0.25, 0.3) is 5.91 Å². The smallest absolute Gasteiger partial charge is 0.255 e. The Bertz CT molecular complexity index is 409. The lowest BCUT2D eigenvalue weighted by atomic mass is 10.1. The monoisotopic (exact) mass is 271 g/mol. The van der Waals surface area contributed by atoms with Gasteiger partial charge >= 0.3 is 0 Å². The SMILES string of the molecule is CCC(CCO)NC(=O)c1ccc(Cl)cc1OC. The Labute approximate surface area is 112 Å². The largest absolute Gasteiger partial charge is 0.496 e. The first-order chi connectivity index (χ1) is 8.62. The van der Waals surface area contributed by atoms with E-state index in [0.29, 0.717) is 22.8 Å². The molecule has 4 nitrogen and oxygen atoms in total. The highest BCUT2D eigenvalue weighted by Gasteiger charge is 2.15. The van der Waals surface area contributed by atoms with Crippen LogP contribution in [0.15, 0.2) is 18.2 Å². The van der Waals surface area contributed by atoms with Crippen molar-refractivity contribution in [3.8, 4) is 5.75 Å². The van der Waals surface area contributed by atoms with Crippen molar-refractivity contribution in [1.82, 2.24) is 5.32 Å². The third-order valence-corrected chi connectivity index (χ3v) is 2.95. The number of hydrogen-bond acceptors (Lipinski definition) is 3. The molecule has 0 spiro atoms. The van der Waals surface area contributed by atoms with Crippen LogP contribution >= 0.6 is 11.6 Å². The van der Waals surface area contributed by atoms with Crippen molar-refractivity contribution in [2.24, 2.45) is 0 Å². The average molecular weight is 272 g/mol. The van der Waals surface area contributed by atoms with Gasteiger partial charge in [0.05, 0.1) is 12.7 Å². The molecule has 0 aliphatic carbocycles. The molecule has 0 aromatic heterocycles. The van der Waals surface area contributed by atoms with Gasteiger partial charge in [-0.05, 0) is 31.0 Å². The summed E-state index contributed by atoms with van der Waals surface area (Å²) in [6, 6.07) is 4.83. The average Bonchev–Trinajstić information content (AvgIpc) is 2.37. The lowest BCUT2D eigenvalue weighted by Gasteiger charge is -2.17. The number of rotatable bonds is 6. The minimum absolute atomic E-state index is 0.0390. The highest BCUT2D eigenvalue weighted by atomic mass is 35.5. The molecule has 1 atom stereocenters. The topological polar surface area (TPSA) is 58.6 Å². The van der Waals surface area contributed by atoms with Crippen LogP contribution in [0.1, 0.15) is 30.1 Å². The van der Waals surface area contributed by atoms with Crippen LogP contribution in [-0.4, -0.2) is 30.8 Å². The van der Waals surface area contributed by atoms with Crippen molar-refractivity contribution in [3.63, 3.8) is 0 Å². The number of nitrogens with one attached hydrogen (secondary N) is 1. The Morgan fingerprint density at radius 1 is 1.56 bits per heavy atom. The van der Waals surface area contributed by atoms with Gasteiger partial charge in [0.2, 0.25) is 0 Å². The molecule has 0 heterocycles. The maximum Gasteiger partial charge on any atom is 0.255 e. The van der Waals surface area contributed by atoms with Crippen LogP contribution in [0.3, 0.4) is 0 Å². The maximum absolute atomic E-state index is 12.1. The zero-order valence-electron chi connectivity index (χ0n) is 10.6. The van der Waals surface area contributed by atoms with Crippen LogP contribution in [-0.2, 0) is 0 Å². The van der Waals surface area contributed by atoms with E-state index in [2.05, 4.69) is 5.32 Å². The fourth-order valence-electron chi connectivity index (χ4n) is 1.65. The van der Waals surface area contributed by atoms with Gasteiger partial charge < -0.3 is 15.2 Å². The Hall–Kier alpha value is -1.26. The molecule has 2 N–H and O–H groups in total. The van der Waals surface area contributed by atoms with Crippen LogP contribution in [0.4, 0.5) is 0 Å². The molecule has 1 unspecified atom stereocenters. The standard InChI is InChI=1S/C13H18ClNO3/c1-3-10(6-7-16)15-13(17)11-5-4-9(14)8-12(11)18-2/h4-5,8,10,16H,3,6-7H2,1-2H3,(H,15,17). The summed E-state index contributed by atoms with van der Waals surface area (Å²) in [5.41, 5.74) is 0.443. The van der Waals surface area contributed by atoms with Gasteiger partial charge in [-0.3, -0.25) is 4.79 Å². The molecule has 0 fully saturated rings. The predicted octanol–water partition coefficient (Wildman–Crippen LogP) is 2.24. The Morgan fingerprint density at radius 3 is 2.83 bits per heavy atom. The molecular formula is C13H18ClNO3. The van der Waals surface area contributed by atoms with Crippen molar-refractivity contribution in [3.05, 3.63) is 28.8 Å². The van der Waals surface area contributed by atoms with Crippen molar-refractivity contribution in [1.29, 1.82) is 0 Å². The normalized spacial score (nSPS) is 12.0. The van der Waals surface area contributed by atoms with Crippen LogP contribution in [0.25, 0.3) is 0 Å². The summed E-state index contributed by atoms with van der Waals surface area (Å²) in [6.07, 6.45) is 1.31. The molecule has 18 heavy (non-hydrogen) atoms. The zero-order valence-corrected chi connectivity index (χ0v) is 11.3. The maximum atomic E-state index is 12.1. The van der Waals surface area contributed by atoms with E-state index in [0.717, 1.165) is 6.42 Å². The molecule has 0 radical (unpaired) electrons. The highest BCUT2D eigenvalue weighted by Crippen LogP contribution is 2.23. The fourth-order valence-corrected chi connectivity index (χ4v) is 1.81. The number of carbonyl (C=O) groups excluding carboxylic acids is 1. The number of benzene rings is 1. The second kappa shape index (κ2) is 7.24. The van der Waals surface area contributed by atoms with Crippen molar-refractivity contribution >= 4 is 17.5 Å². The van der Waals surface area contributed by atoms with E-state index in [9.17, 15) is 4.79 Å². The molecule has 0 saturated carbocycles. The molecule has 0 aliphatic heterocycles. The molecule has 1 rings (SSSR count). The van der Waals surface area contributed by atoms with Gasteiger partial charge in [0.15, 0.2) is 0 Å². The van der Waals surface area contributed by atoms with Gasteiger partial charge in [-0.15, -0.1) is 0 Å². The summed E-state index contributed by atoms with van der Waals surface area (Å²) >= 11 is 5.84. The van der Waals surface area contributed by atoms with Crippen LogP contribution < -0.4 is 10.1 Å². The van der Waals surface area contributed by atoms with Crippen LogP contribution in [0.2, 0.25) is 5.02 Å². The predicted molar refractivity (Wildman–Crippen MR) is 71.3 cm³/mol. The first-order valence-electron chi connectivity index (χ1n) is 5.87. The third-order valence-electron chi connectivity index (χ3n) is 2.71. The Morgan fingerprint density at radius 2 is 2.28 bits per heavy atom. The lowest BCUT2D eigenvalue weighted by Crippen LogP contribution is -2.35. The summed E-state index contributed by atoms with van der Waals surface area (Å²) in [4.78, 5) is 12.1. The molecule has 0 saturated heterocycles. The first-order valence-corrected chi connectivity index (χ1v) is 6.25. The molecule has 5 heteroatoms. The second-order valence-corrected chi connectivity index (χ2v) is 4.37. The van der Waals surface area contributed by atoms with E-state index in [1.165, 1.54) is 7.11 Å². The van der Waals surface area contributed by atoms with E-state index in [4.69, 9.17) is 21.4 Å². The number of aliphatic hydroxyl groups excluding tert-OH is 1. The number of amides is 1. The number of aliphatic hydroxyl groups is 1. The molecule has 0 bridgehead atoms. The molecule has 1 aromatic rings. The second-order valence-electron chi connectivity index (χ2n) is 3.94. The van der Waals surface area contributed by atoms with Gasteiger partial charge in [-0.1, -0.05) is 18.5 Å². The number of hydrogen-bond donors (Lipinski definition) is 2. The molecular weight excluding hydrogens is 254 g/mol. The summed E-state index contributed by atoms with van der Waals surface area (Å²) in [7, 11) is 1.49. The van der Waals surface area contributed by atoms with E-state index in [-0.39, 0.29) is 18.6 Å². The highest BCUT2D eigenvalue weighted by molar-refractivity contribution is 6.30. The van der Waals surface area contributed by atoms with E-state index in [1.807, 2.05) is 6.92 Å². The van der Waals surface area contributed by atoms with E-state index < -0.39 is 0 Å². The van der Waals surface area contributed by atoms with E-state index >= 15 is 0 Å². The summed E-state index contributed by atoms with van der Waals surface area (Å²) in [6.45, 7) is 2.01. The molecule has 1 amide bonds. The zero-order chi connectivity index (χ0) is 13.5. The molecule has 0 aliphatic rings. The quantitative estimate of drug-likeness (QED) is 0.834. The van der Waals surface area contributed by atoms with Gasteiger partial charge in [-0.2, -0.15) is 0 Å².